The van der Waals surface area contributed by atoms with Crippen LogP contribution in [0.4, 0.5) is 23.7 Å². The first-order chi connectivity index (χ1) is 16.7. The minimum atomic E-state index is -5.08. The molecule has 2 saturated heterocycles. The molecule has 0 bridgehead atoms. The number of likely N-dealkylation sites (N-methyl/N-ethyl adjacent to an activating group) is 1. The Hall–Kier alpha value is -3.68. The molecule has 36 heavy (non-hydrogen) atoms. The molecular formula is C22H27F3N4O7. The van der Waals surface area contributed by atoms with E-state index in [2.05, 4.69) is 10.6 Å². The standard InChI is InChI=1S/C20H26N4O5.C2HF3O2/c1-5-24(19(28)21-12-9-7-6-8-10-12)11-13-14-15(17(26)23(3)16(14)25)20(2,22-13)18(27)29-4;3-2(4,5)1(6)7/h6-10,13-15,22H,5,11H2,1-4H3,(H,21,28);(H,6,7)/t13-,14+,15-,20-;/m1./s1. The van der Waals surface area contributed by atoms with Crippen LogP contribution in [0.3, 0.4) is 0 Å². The summed E-state index contributed by atoms with van der Waals surface area (Å²) < 4.78 is 36.6. The number of para-hydroxylation sites is 1. The van der Waals surface area contributed by atoms with E-state index in [9.17, 15) is 32.3 Å². The first-order valence-electron chi connectivity index (χ1n) is 10.8. The number of likely N-dealkylation sites (tertiary alicyclic amines) is 1. The van der Waals surface area contributed by atoms with Crippen LogP contribution in [0.25, 0.3) is 0 Å². The van der Waals surface area contributed by atoms with E-state index in [1.165, 1.54) is 14.2 Å². The van der Waals surface area contributed by atoms with Crippen molar-refractivity contribution in [1.82, 2.24) is 15.1 Å². The number of carbonyl (C=O) groups excluding carboxylic acids is 4. The Morgan fingerprint density at radius 3 is 2.22 bits per heavy atom. The summed E-state index contributed by atoms with van der Waals surface area (Å²) in [5, 5.41) is 13.1. The highest BCUT2D eigenvalue weighted by molar-refractivity contribution is 6.09. The summed E-state index contributed by atoms with van der Waals surface area (Å²) in [5.74, 6) is -5.75. The number of amides is 4. The molecule has 2 aliphatic rings. The summed E-state index contributed by atoms with van der Waals surface area (Å²) >= 11 is 0. The summed E-state index contributed by atoms with van der Waals surface area (Å²) in [7, 11) is 2.66. The largest absolute Gasteiger partial charge is 0.490 e. The quantitative estimate of drug-likeness (QED) is 0.392. The van der Waals surface area contributed by atoms with Gasteiger partial charge in [0.1, 0.15) is 5.54 Å². The van der Waals surface area contributed by atoms with E-state index in [0.29, 0.717) is 12.2 Å². The van der Waals surface area contributed by atoms with Crippen molar-refractivity contribution in [3.05, 3.63) is 30.3 Å². The predicted molar refractivity (Wildman–Crippen MR) is 119 cm³/mol. The third-order valence-corrected chi connectivity index (χ3v) is 6.08. The highest BCUT2D eigenvalue weighted by Gasteiger charge is 2.66. The third kappa shape index (κ3) is 5.75. The molecule has 3 N–H and O–H groups in total. The van der Waals surface area contributed by atoms with Crippen LogP contribution >= 0.6 is 0 Å². The van der Waals surface area contributed by atoms with E-state index in [-0.39, 0.29) is 18.5 Å². The first-order valence-corrected chi connectivity index (χ1v) is 10.8. The number of benzene rings is 1. The zero-order valence-corrected chi connectivity index (χ0v) is 20.0. The van der Waals surface area contributed by atoms with Crippen LogP contribution in [-0.2, 0) is 23.9 Å². The summed E-state index contributed by atoms with van der Waals surface area (Å²) in [5.41, 5.74) is -0.684. The highest BCUT2D eigenvalue weighted by Crippen LogP contribution is 2.43. The number of carboxylic acid groups (broad SMARTS) is 1. The summed E-state index contributed by atoms with van der Waals surface area (Å²) in [6, 6.07) is 8.14. The number of nitrogens with zero attached hydrogens (tertiary/aromatic N) is 2. The predicted octanol–water partition coefficient (Wildman–Crippen LogP) is 1.31. The molecule has 0 aliphatic carbocycles. The van der Waals surface area contributed by atoms with Crippen molar-refractivity contribution in [2.24, 2.45) is 11.8 Å². The van der Waals surface area contributed by atoms with Crippen LogP contribution in [0, 0.1) is 11.8 Å². The van der Waals surface area contributed by atoms with Crippen LogP contribution < -0.4 is 10.6 Å². The maximum Gasteiger partial charge on any atom is 0.490 e. The number of hydrogen-bond acceptors (Lipinski definition) is 7. The molecule has 1 aromatic carbocycles. The van der Waals surface area contributed by atoms with E-state index < -0.39 is 47.4 Å². The minimum Gasteiger partial charge on any atom is -0.475 e. The van der Waals surface area contributed by atoms with E-state index >= 15 is 0 Å². The van der Waals surface area contributed by atoms with Crippen LogP contribution in [0.2, 0.25) is 0 Å². The lowest BCUT2D eigenvalue weighted by Gasteiger charge is -2.30. The number of urea groups is 1. The molecule has 1 aromatic rings. The van der Waals surface area contributed by atoms with Gasteiger partial charge in [0.05, 0.1) is 18.9 Å². The van der Waals surface area contributed by atoms with Crippen molar-refractivity contribution in [2.45, 2.75) is 31.6 Å². The lowest BCUT2D eigenvalue weighted by atomic mass is 9.81. The van der Waals surface area contributed by atoms with Gasteiger partial charge in [-0.3, -0.25) is 24.6 Å². The van der Waals surface area contributed by atoms with Crippen molar-refractivity contribution < 1.29 is 47.0 Å². The van der Waals surface area contributed by atoms with Crippen LogP contribution in [-0.4, -0.2) is 89.7 Å². The number of nitrogens with one attached hydrogen (secondary N) is 2. The van der Waals surface area contributed by atoms with Gasteiger partial charge in [-0.1, -0.05) is 18.2 Å². The van der Waals surface area contributed by atoms with Crippen LogP contribution in [0.1, 0.15) is 13.8 Å². The fourth-order valence-electron chi connectivity index (χ4n) is 4.29. The average molecular weight is 516 g/mol. The van der Waals surface area contributed by atoms with E-state index in [0.717, 1.165) is 4.90 Å². The molecule has 4 amide bonds. The van der Waals surface area contributed by atoms with Gasteiger partial charge in [0.25, 0.3) is 0 Å². The third-order valence-electron chi connectivity index (χ3n) is 6.08. The number of carboxylic acids is 1. The monoisotopic (exact) mass is 516 g/mol. The number of rotatable bonds is 5. The molecule has 2 heterocycles. The summed E-state index contributed by atoms with van der Waals surface area (Å²) in [4.78, 5) is 62.1. The lowest BCUT2D eigenvalue weighted by Crippen LogP contribution is -2.56. The Morgan fingerprint density at radius 1 is 1.19 bits per heavy atom. The molecule has 2 aliphatic heterocycles. The Balaban J connectivity index is 0.000000572. The topological polar surface area (TPSA) is 145 Å². The minimum absolute atomic E-state index is 0.162. The Kier molecular flexibility index (Phi) is 8.67. The zero-order chi connectivity index (χ0) is 27.4. The normalized spacial score (nSPS) is 25.0. The molecule has 0 radical (unpaired) electrons. The van der Waals surface area contributed by atoms with Gasteiger partial charge in [0.2, 0.25) is 11.8 Å². The second kappa shape index (κ2) is 10.9. The maximum absolute atomic E-state index is 12.7. The van der Waals surface area contributed by atoms with Crippen molar-refractivity contribution in [2.75, 3.05) is 32.6 Å². The Labute approximate surface area is 204 Å². The Bertz CT molecular complexity index is 1020. The number of methoxy groups -OCH3 is 1. The van der Waals surface area contributed by atoms with Gasteiger partial charge < -0.3 is 20.1 Å². The molecule has 0 saturated carbocycles. The van der Waals surface area contributed by atoms with E-state index in [4.69, 9.17) is 14.6 Å². The fraction of sp³-hybridized carbons (Fsp3) is 0.500. The number of esters is 1. The average Bonchev–Trinajstić information content (AvgIpc) is 3.25. The van der Waals surface area contributed by atoms with Crippen molar-refractivity contribution in [3.63, 3.8) is 0 Å². The SMILES string of the molecule is CCN(C[C@H]1N[C@@](C)(C(=O)OC)[C@H]2C(=O)N(C)C(=O)[C@@H]12)C(=O)Nc1ccccc1.O=C(O)C(F)(F)F. The van der Waals surface area contributed by atoms with Gasteiger partial charge in [0, 0.05) is 31.9 Å². The van der Waals surface area contributed by atoms with Gasteiger partial charge in [-0.15, -0.1) is 0 Å². The van der Waals surface area contributed by atoms with Crippen molar-refractivity contribution in [1.29, 1.82) is 0 Å². The van der Waals surface area contributed by atoms with E-state index in [1.807, 2.05) is 25.1 Å². The number of alkyl halides is 3. The lowest BCUT2D eigenvalue weighted by molar-refractivity contribution is -0.192. The van der Waals surface area contributed by atoms with Gasteiger partial charge in [0.15, 0.2) is 0 Å². The van der Waals surface area contributed by atoms with Crippen LogP contribution in [0.5, 0.6) is 0 Å². The molecular weight excluding hydrogens is 489 g/mol. The number of hydrogen-bond donors (Lipinski definition) is 3. The number of halogens is 3. The molecule has 198 valence electrons. The molecule has 14 heteroatoms. The summed E-state index contributed by atoms with van der Waals surface area (Å²) in [6.07, 6.45) is -5.08. The van der Waals surface area contributed by atoms with Gasteiger partial charge in [-0.25, -0.2) is 9.59 Å². The van der Waals surface area contributed by atoms with Crippen molar-refractivity contribution in [3.8, 4) is 0 Å². The molecule has 0 spiro atoms. The smallest absolute Gasteiger partial charge is 0.475 e. The van der Waals surface area contributed by atoms with Gasteiger partial charge in [-0.2, -0.15) is 13.2 Å². The molecule has 0 unspecified atom stereocenters. The number of carbonyl (C=O) groups is 5. The maximum atomic E-state index is 12.7. The van der Waals surface area contributed by atoms with Crippen molar-refractivity contribution >= 4 is 35.5 Å². The van der Waals surface area contributed by atoms with Gasteiger partial charge in [-0.05, 0) is 26.0 Å². The molecule has 11 nitrogen and oxygen atoms in total. The molecule has 0 aromatic heterocycles. The number of imide groups is 1. The summed E-state index contributed by atoms with van der Waals surface area (Å²) in [6.45, 7) is 3.95. The molecule has 3 rings (SSSR count). The fourth-order valence-corrected chi connectivity index (χ4v) is 4.29. The number of fused-ring (bicyclic) bond motifs is 1. The van der Waals surface area contributed by atoms with E-state index in [1.54, 1.807) is 24.0 Å². The molecule has 2 fully saturated rings. The van der Waals surface area contributed by atoms with Gasteiger partial charge >= 0.3 is 24.1 Å². The van der Waals surface area contributed by atoms with Crippen LogP contribution in [0.15, 0.2) is 30.3 Å². The zero-order valence-electron chi connectivity index (χ0n) is 20.0. The highest BCUT2D eigenvalue weighted by atomic mass is 19.4. The first kappa shape index (κ1) is 28.6. The number of aliphatic carboxylic acids is 1. The second-order valence-corrected chi connectivity index (χ2v) is 8.32. The Morgan fingerprint density at radius 2 is 1.75 bits per heavy atom. The second-order valence-electron chi connectivity index (χ2n) is 8.32. The molecule has 4 atom stereocenters. The number of ether oxygens (including phenoxy) is 1. The number of anilines is 1.